The monoisotopic (exact) mass is 767 g/mol. The van der Waals surface area contributed by atoms with Crippen LogP contribution in [0.1, 0.15) is 85.8 Å². The lowest BCUT2D eigenvalue weighted by Crippen LogP contribution is -2.60. The van der Waals surface area contributed by atoms with Crippen LogP contribution in [0.2, 0.25) is 0 Å². The molecule has 2 aromatic rings. The Balaban J connectivity index is 2.38. The lowest BCUT2D eigenvalue weighted by Gasteiger charge is -2.32. The molecule has 5 N–H and O–H groups in total. The molecule has 0 heterocycles. The van der Waals surface area contributed by atoms with Crippen molar-refractivity contribution in [2.75, 3.05) is 7.05 Å². The summed E-state index contributed by atoms with van der Waals surface area (Å²) in [5.74, 6) is -4.99. The van der Waals surface area contributed by atoms with E-state index in [1.165, 1.54) is 7.05 Å². The molecule has 15 nitrogen and oxygen atoms in total. The standard InChI is InChI=1S/C40H57N5O10/c1-25(2)20-30(37(51)54-24-27-18-14-11-15-19-27)44-35(49)29(22-32(47)53-23-26-16-12-10-13-17-26)42-34(48)28(21-31(46)41-9)43-36(50)33(39(3,4)5)45-38(52)55-40(6,7)8/h10-19,25,28-30,33H,20-24H2,1-9H3,(H,41,46)(H,42,48)(H,43,50)(H,44,49)(H,45,52)/t28-,29-,30-,33+/m0/s1. The van der Waals surface area contributed by atoms with Crippen LogP contribution in [0.3, 0.4) is 0 Å². The predicted octanol–water partition coefficient (Wildman–Crippen LogP) is 3.44. The summed E-state index contributed by atoms with van der Waals surface area (Å²) in [6.07, 6.45) is -1.93. The topological polar surface area (TPSA) is 207 Å². The molecule has 0 aromatic heterocycles. The third-order valence-electron chi connectivity index (χ3n) is 7.87. The Kier molecular flexibility index (Phi) is 17.8. The smallest absolute Gasteiger partial charge is 0.408 e. The third-order valence-corrected chi connectivity index (χ3v) is 7.87. The lowest BCUT2D eigenvalue weighted by molar-refractivity contribution is -0.150. The maximum atomic E-state index is 13.9. The SMILES string of the molecule is CNC(=O)C[C@H](NC(=O)[C@@H](NC(=O)OC(C)(C)C)C(C)(C)C)C(=O)N[C@@H](CC(=O)OCc1ccccc1)C(=O)N[C@@H](CC(C)C)C(=O)OCc1ccccc1. The number of benzene rings is 2. The lowest BCUT2D eigenvalue weighted by atomic mass is 9.86. The molecule has 0 aliphatic rings. The maximum Gasteiger partial charge on any atom is 0.408 e. The van der Waals surface area contributed by atoms with Crippen molar-refractivity contribution in [3.05, 3.63) is 71.8 Å². The summed E-state index contributed by atoms with van der Waals surface area (Å²) in [6.45, 7) is 13.6. The number of nitrogens with one attached hydrogen (secondary N) is 5. The van der Waals surface area contributed by atoms with E-state index < -0.39 is 89.7 Å². The molecule has 0 bridgehead atoms. The first-order valence-corrected chi connectivity index (χ1v) is 18.2. The van der Waals surface area contributed by atoms with Crippen molar-refractivity contribution in [1.29, 1.82) is 0 Å². The number of esters is 2. The fraction of sp³-hybridized carbons (Fsp3) is 0.525. The van der Waals surface area contributed by atoms with E-state index in [0.29, 0.717) is 5.56 Å². The van der Waals surface area contributed by atoms with Gasteiger partial charge in [0.2, 0.25) is 23.6 Å². The van der Waals surface area contributed by atoms with E-state index in [2.05, 4.69) is 26.6 Å². The molecule has 0 spiro atoms. The van der Waals surface area contributed by atoms with Gasteiger partial charge in [0, 0.05) is 7.05 Å². The second-order valence-corrected chi connectivity index (χ2v) is 15.6. The number of ether oxygens (including phenoxy) is 3. The van der Waals surface area contributed by atoms with Crippen LogP contribution in [0, 0.1) is 11.3 Å². The van der Waals surface area contributed by atoms with E-state index in [-0.39, 0.29) is 25.6 Å². The van der Waals surface area contributed by atoms with Crippen molar-refractivity contribution in [2.45, 2.75) is 118 Å². The van der Waals surface area contributed by atoms with Crippen molar-refractivity contribution in [3.8, 4) is 0 Å². The van der Waals surface area contributed by atoms with E-state index in [1.54, 1.807) is 96.1 Å². The number of amides is 5. The van der Waals surface area contributed by atoms with Gasteiger partial charge in [0.05, 0.1) is 12.8 Å². The van der Waals surface area contributed by atoms with Crippen molar-refractivity contribution in [3.63, 3.8) is 0 Å². The molecule has 4 atom stereocenters. The summed E-state index contributed by atoms with van der Waals surface area (Å²) in [5.41, 5.74) is -0.341. The van der Waals surface area contributed by atoms with E-state index in [9.17, 15) is 33.6 Å². The molecule has 55 heavy (non-hydrogen) atoms. The second kappa shape index (κ2) is 21.4. The fourth-order valence-electron chi connectivity index (χ4n) is 5.08. The molecule has 0 radical (unpaired) electrons. The van der Waals surface area contributed by atoms with Crippen LogP contribution < -0.4 is 26.6 Å². The Morgan fingerprint density at radius 2 is 1.09 bits per heavy atom. The number of hydrogen-bond donors (Lipinski definition) is 5. The Hall–Kier alpha value is -5.47. The minimum absolute atomic E-state index is 0.0463. The van der Waals surface area contributed by atoms with Gasteiger partial charge in [-0.1, -0.05) is 95.3 Å². The van der Waals surface area contributed by atoms with E-state index in [0.717, 1.165) is 5.56 Å². The molecule has 0 aliphatic carbocycles. The zero-order valence-corrected chi connectivity index (χ0v) is 33.3. The second-order valence-electron chi connectivity index (χ2n) is 15.6. The number of carbonyl (C=O) groups excluding carboxylic acids is 7. The quantitative estimate of drug-likeness (QED) is 0.110. The minimum Gasteiger partial charge on any atom is -0.461 e. The summed E-state index contributed by atoms with van der Waals surface area (Å²) in [6, 6.07) is 12.2. The number of carbonyl (C=O) groups is 7. The molecule has 15 heteroatoms. The average molecular weight is 768 g/mol. The highest BCUT2D eigenvalue weighted by Gasteiger charge is 2.38. The van der Waals surface area contributed by atoms with Crippen molar-refractivity contribution < 1.29 is 47.8 Å². The zero-order valence-electron chi connectivity index (χ0n) is 33.3. The average Bonchev–Trinajstić information content (AvgIpc) is 3.10. The van der Waals surface area contributed by atoms with E-state index in [4.69, 9.17) is 14.2 Å². The molecular weight excluding hydrogens is 710 g/mol. The first-order chi connectivity index (χ1) is 25.7. The Labute approximate surface area is 323 Å². The van der Waals surface area contributed by atoms with Crippen LogP contribution in [-0.4, -0.2) is 78.5 Å². The molecular formula is C40H57N5O10. The van der Waals surface area contributed by atoms with Gasteiger partial charge in [0.25, 0.3) is 0 Å². The van der Waals surface area contributed by atoms with Crippen LogP contribution in [0.4, 0.5) is 4.79 Å². The summed E-state index contributed by atoms with van der Waals surface area (Å²) in [5, 5.41) is 12.5. The molecule has 5 amide bonds. The Bertz CT molecular complexity index is 1600. The normalized spacial score (nSPS) is 13.6. The van der Waals surface area contributed by atoms with Gasteiger partial charge in [-0.15, -0.1) is 0 Å². The third kappa shape index (κ3) is 17.5. The largest absolute Gasteiger partial charge is 0.461 e. The molecule has 302 valence electrons. The number of alkyl carbamates (subject to hydrolysis) is 1. The van der Waals surface area contributed by atoms with E-state index >= 15 is 0 Å². The summed E-state index contributed by atoms with van der Waals surface area (Å²) >= 11 is 0. The molecule has 0 saturated carbocycles. The number of rotatable bonds is 18. The van der Waals surface area contributed by atoms with Crippen molar-refractivity contribution in [1.82, 2.24) is 26.6 Å². The molecule has 2 rings (SSSR count). The highest BCUT2D eigenvalue weighted by Crippen LogP contribution is 2.21. The highest BCUT2D eigenvalue weighted by atomic mass is 16.6. The van der Waals surface area contributed by atoms with Crippen LogP contribution in [0.25, 0.3) is 0 Å². The zero-order chi connectivity index (χ0) is 41.3. The van der Waals surface area contributed by atoms with Gasteiger partial charge in [-0.05, 0) is 49.7 Å². The van der Waals surface area contributed by atoms with Gasteiger partial charge in [-0.2, -0.15) is 0 Å². The van der Waals surface area contributed by atoms with Crippen LogP contribution >= 0.6 is 0 Å². The summed E-state index contributed by atoms with van der Waals surface area (Å²) in [4.78, 5) is 93.1. The van der Waals surface area contributed by atoms with Gasteiger partial charge >= 0.3 is 18.0 Å². The molecule has 0 unspecified atom stereocenters. The predicted molar refractivity (Wildman–Crippen MR) is 204 cm³/mol. The molecule has 0 saturated heterocycles. The van der Waals surface area contributed by atoms with Crippen LogP contribution in [0.15, 0.2) is 60.7 Å². The molecule has 0 aliphatic heterocycles. The van der Waals surface area contributed by atoms with Gasteiger partial charge in [-0.3, -0.25) is 24.0 Å². The summed E-state index contributed by atoms with van der Waals surface area (Å²) in [7, 11) is 1.34. The van der Waals surface area contributed by atoms with Gasteiger partial charge in [-0.25, -0.2) is 9.59 Å². The number of hydrogen-bond acceptors (Lipinski definition) is 10. The van der Waals surface area contributed by atoms with Gasteiger partial charge < -0.3 is 40.8 Å². The Morgan fingerprint density at radius 1 is 0.618 bits per heavy atom. The van der Waals surface area contributed by atoms with Gasteiger partial charge in [0.1, 0.15) is 43.0 Å². The van der Waals surface area contributed by atoms with Crippen LogP contribution in [0.5, 0.6) is 0 Å². The fourth-order valence-corrected chi connectivity index (χ4v) is 5.08. The van der Waals surface area contributed by atoms with E-state index in [1.807, 2.05) is 19.9 Å². The maximum absolute atomic E-state index is 13.9. The minimum atomic E-state index is -1.62. The Morgan fingerprint density at radius 3 is 1.56 bits per heavy atom. The van der Waals surface area contributed by atoms with Crippen molar-refractivity contribution >= 4 is 41.7 Å². The summed E-state index contributed by atoms with van der Waals surface area (Å²) < 4.78 is 16.2. The highest BCUT2D eigenvalue weighted by molar-refractivity contribution is 5.98. The molecule has 0 fully saturated rings. The first-order valence-electron chi connectivity index (χ1n) is 18.2. The first kappa shape index (κ1) is 45.7. The molecule has 2 aromatic carbocycles. The van der Waals surface area contributed by atoms with Gasteiger partial charge in [0.15, 0.2) is 0 Å². The van der Waals surface area contributed by atoms with Crippen LogP contribution in [-0.2, 0) is 56.2 Å². The van der Waals surface area contributed by atoms with Crippen molar-refractivity contribution in [2.24, 2.45) is 11.3 Å².